The maximum Gasteiger partial charge on any atom is 0.472 e. The summed E-state index contributed by atoms with van der Waals surface area (Å²) < 4.78 is 26.9. The summed E-state index contributed by atoms with van der Waals surface area (Å²) >= 11 is 0. The normalized spacial score (nSPS) is 13.6. The molecule has 9 nitrogen and oxygen atoms in total. The van der Waals surface area contributed by atoms with Gasteiger partial charge in [0.25, 0.3) is 0 Å². The molecule has 2 atom stereocenters. The van der Waals surface area contributed by atoms with E-state index in [-0.39, 0.29) is 32.1 Å². The van der Waals surface area contributed by atoms with Gasteiger partial charge >= 0.3 is 13.8 Å². The third kappa shape index (κ3) is 48.9. The van der Waals surface area contributed by atoms with Gasteiger partial charge in [0.2, 0.25) is 5.91 Å². The lowest BCUT2D eigenvalue weighted by Crippen LogP contribution is -2.27. The average Bonchev–Trinajstić information content (AvgIpc) is 3.25. The van der Waals surface area contributed by atoms with Crippen molar-refractivity contribution in [3.8, 4) is 0 Å². The van der Waals surface area contributed by atoms with E-state index in [4.69, 9.17) is 13.8 Å². The van der Waals surface area contributed by atoms with Crippen LogP contribution >= 0.6 is 7.82 Å². The van der Waals surface area contributed by atoms with Crippen molar-refractivity contribution in [1.82, 2.24) is 5.32 Å². The summed E-state index contributed by atoms with van der Waals surface area (Å²) in [6.45, 7) is 3.49. The number of nitrogens with one attached hydrogen (secondary N) is 1. The van der Waals surface area contributed by atoms with Crippen LogP contribution in [0.25, 0.3) is 0 Å². The molecule has 0 saturated carbocycles. The van der Waals surface area contributed by atoms with Gasteiger partial charge in [0.15, 0.2) is 0 Å². The first-order chi connectivity index (χ1) is 29.8. The highest BCUT2D eigenvalue weighted by Crippen LogP contribution is 2.42. The summed E-state index contributed by atoms with van der Waals surface area (Å²) in [4.78, 5) is 34.0. The minimum atomic E-state index is -4.44. The van der Waals surface area contributed by atoms with Gasteiger partial charge in [-0.05, 0) is 51.4 Å². The number of hydrogen-bond acceptors (Lipinski definition) is 7. The summed E-state index contributed by atoms with van der Waals surface area (Å²) in [5.41, 5.74) is 0. The van der Waals surface area contributed by atoms with Gasteiger partial charge in [-0.1, -0.05) is 217 Å². The number of aliphatic hydroxyl groups is 1. The van der Waals surface area contributed by atoms with Crippen LogP contribution < -0.4 is 5.32 Å². The Hall–Kier alpha value is -2.03. The monoisotopic (exact) mass is 880 g/mol. The van der Waals surface area contributed by atoms with Crippen LogP contribution in [-0.2, 0) is 27.9 Å². The molecule has 0 saturated heterocycles. The molecule has 0 heterocycles. The molecule has 1 amide bonds. The molecule has 61 heavy (non-hydrogen) atoms. The molecule has 0 aromatic rings. The zero-order valence-electron chi connectivity index (χ0n) is 39.4. The first-order valence-corrected chi connectivity index (χ1v) is 26.6. The Kier molecular flexibility index (Phi) is 45.9. The number of phosphoric ester groups is 1. The largest absolute Gasteiger partial charge is 0.472 e. The lowest BCUT2D eigenvalue weighted by Gasteiger charge is -2.15. The van der Waals surface area contributed by atoms with Crippen LogP contribution in [0.1, 0.15) is 232 Å². The molecule has 0 fully saturated rings. The number of ether oxygens (including phenoxy) is 1. The Balaban J connectivity index is 3.59. The molecular formula is C51H94NO8P. The Bertz CT molecular complexity index is 1140. The highest BCUT2D eigenvalue weighted by molar-refractivity contribution is 7.47. The van der Waals surface area contributed by atoms with Gasteiger partial charge < -0.3 is 20.1 Å². The molecule has 356 valence electrons. The maximum absolute atomic E-state index is 12.1. The number of esters is 1. The molecule has 0 aromatic heterocycles. The molecule has 2 unspecified atom stereocenters. The van der Waals surface area contributed by atoms with Crippen molar-refractivity contribution in [3.05, 3.63) is 48.6 Å². The van der Waals surface area contributed by atoms with Crippen LogP contribution in [-0.4, -0.2) is 54.3 Å². The second-order valence-electron chi connectivity index (χ2n) is 16.8. The highest BCUT2D eigenvalue weighted by atomic mass is 31.2. The number of hydrogen-bond donors (Lipinski definition) is 3. The van der Waals surface area contributed by atoms with Crippen molar-refractivity contribution in [2.45, 2.75) is 238 Å². The zero-order valence-corrected chi connectivity index (χ0v) is 40.3. The third-order valence-electron chi connectivity index (χ3n) is 10.8. The highest BCUT2D eigenvalue weighted by Gasteiger charge is 2.23. The van der Waals surface area contributed by atoms with E-state index in [0.29, 0.717) is 12.8 Å². The molecule has 0 rings (SSSR count). The van der Waals surface area contributed by atoms with Gasteiger partial charge in [-0.15, -0.1) is 0 Å². The Morgan fingerprint density at radius 3 is 1.36 bits per heavy atom. The standard InChI is InChI=1S/C51H94NO8P/c1-3-5-7-9-11-13-15-17-19-21-22-23-24-25-26-28-30-32-34-36-38-40-42-44-51(55)58-47-49(53)48-60-61(56,57)59-46-45-52-50(54)43-41-39-37-35-33-31-29-27-20-18-16-14-12-10-8-6-4-2/h12,14,18,20,29,31,35,37,49,53H,3-11,13,15-17,19,21-28,30,32-34,36,38-48H2,1-2H3,(H,52,54)(H,56,57)/b14-12-,20-18-,31-29-,37-35-. The number of unbranched alkanes of at least 4 members (excludes halogenated alkanes) is 26. The average molecular weight is 880 g/mol. The molecule has 0 bridgehead atoms. The van der Waals surface area contributed by atoms with Crippen LogP contribution in [0.5, 0.6) is 0 Å². The summed E-state index contributed by atoms with van der Waals surface area (Å²) in [5.74, 6) is -0.567. The number of allylic oxidation sites excluding steroid dienone is 8. The van der Waals surface area contributed by atoms with Crippen LogP contribution in [0.3, 0.4) is 0 Å². The summed E-state index contributed by atoms with van der Waals surface area (Å²) in [6.07, 6.45) is 56.3. The van der Waals surface area contributed by atoms with Gasteiger partial charge in [-0.2, -0.15) is 0 Å². The maximum atomic E-state index is 12.1. The SMILES string of the molecule is CCCCC/C=C\C/C=C\C/C=C\C/C=C\CCCC(=O)NCCOP(=O)(O)OCC(O)COC(=O)CCCCCCCCCCCCCCCCCCCCCCCCC. The first kappa shape index (κ1) is 59.0. The van der Waals surface area contributed by atoms with E-state index in [9.17, 15) is 24.2 Å². The van der Waals surface area contributed by atoms with E-state index < -0.39 is 26.5 Å². The molecular weight excluding hydrogens is 786 g/mol. The van der Waals surface area contributed by atoms with Crippen molar-refractivity contribution in [2.24, 2.45) is 0 Å². The first-order valence-electron chi connectivity index (χ1n) is 25.1. The molecule has 0 aliphatic carbocycles. The summed E-state index contributed by atoms with van der Waals surface area (Å²) in [5, 5.41) is 12.7. The zero-order chi connectivity index (χ0) is 44.6. The van der Waals surface area contributed by atoms with Crippen molar-refractivity contribution in [1.29, 1.82) is 0 Å². The molecule has 0 spiro atoms. The molecule has 0 aliphatic heterocycles. The van der Waals surface area contributed by atoms with Gasteiger partial charge in [0, 0.05) is 19.4 Å². The number of carbonyl (C=O) groups is 2. The number of aliphatic hydroxyl groups excluding tert-OH is 1. The topological polar surface area (TPSA) is 131 Å². The van der Waals surface area contributed by atoms with E-state index in [2.05, 4.69) is 67.8 Å². The second-order valence-corrected chi connectivity index (χ2v) is 18.2. The molecule has 0 radical (unpaired) electrons. The smallest absolute Gasteiger partial charge is 0.463 e. The van der Waals surface area contributed by atoms with Gasteiger partial charge in [0.05, 0.1) is 13.2 Å². The fourth-order valence-corrected chi connectivity index (χ4v) is 7.72. The molecule has 0 aromatic carbocycles. The van der Waals surface area contributed by atoms with E-state index in [1.807, 2.05) is 0 Å². The Morgan fingerprint density at radius 2 is 0.902 bits per heavy atom. The van der Waals surface area contributed by atoms with Crippen molar-refractivity contribution < 1.29 is 37.9 Å². The Morgan fingerprint density at radius 1 is 0.508 bits per heavy atom. The molecule has 0 aliphatic rings. The fourth-order valence-electron chi connectivity index (χ4n) is 6.96. The summed E-state index contributed by atoms with van der Waals surface area (Å²) in [7, 11) is -4.44. The van der Waals surface area contributed by atoms with E-state index >= 15 is 0 Å². The quantitative estimate of drug-likeness (QED) is 0.0238. The van der Waals surface area contributed by atoms with Crippen LogP contribution in [0.2, 0.25) is 0 Å². The lowest BCUT2D eigenvalue weighted by atomic mass is 10.0. The third-order valence-corrected chi connectivity index (χ3v) is 11.7. The second kappa shape index (κ2) is 47.4. The van der Waals surface area contributed by atoms with Crippen LogP contribution in [0, 0.1) is 0 Å². The fraction of sp³-hybridized carbons (Fsp3) is 0.804. The van der Waals surface area contributed by atoms with Crippen molar-refractivity contribution in [2.75, 3.05) is 26.4 Å². The van der Waals surface area contributed by atoms with Gasteiger partial charge in [-0.25, -0.2) is 4.57 Å². The van der Waals surface area contributed by atoms with Crippen molar-refractivity contribution >= 4 is 19.7 Å². The minimum absolute atomic E-state index is 0.0524. The molecule has 3 N–H and O–H groups in total. The predicted octanol–water partition coefficient (Wildman–Crippen LogP) is 14.7. The number of phosphoric acid groups is 1. The Labute approximate surface area is 375 Å². The molecule has 10 heteroatoms. The van der Waals surface area contributed by atoms with Crippen LogP contribution in [0.4, 0.5) is 0 Å². The van der Waals surface area contributed by atoms with E-state index in [1.165, 1.54) is 154 Å². The van der Waals surface area contributed by atoms with Gasteiger partial charge in [-0.3, -0.25) is 18.6 Å². The predicted molar refractivity (Wildman–Crippen MR) is 257 cm³/mol. The van der Waals surface area contributed by atoms with Gasteiger partial charge in [0.1, 0.15) is 12.7 Å². The number of rotatable bonds is 47. The van der Waals surface area contributed by atoms with Crippen LogP contribution in [0.15, 0.2) is 48.6 Å². The lowest BCUT2D eigenvalue weighted by molar-refractivity contribution is -0.147. The number of carbonyl (C=O) groups excluding carboxylic acids is 2. The van der Waals surface area contributed by atoms with Crippen molar-refractivity contribution in [3.63, 3.8) is 0 Å². The van der Waals surface area contributed by atoms with E-state index in [0.717, 1.165) is 44.9 Å². The number of amides is 1. The van der Waals surface area contributed by atoms with E-state index in [1.54, 1.807) is 0 Å². The summed E-state index contributed by atoms with van der Waals surface area (Å²) in [6, 6.07) is 0. The minimum Gasteiger partial charge on any atom is -0.463 e.